The number of amides is 2. The van der Waals surface area contributed by atoms with Gasteiger partial charge in [-0.15, -0.1) is 0 Å². The van der Waals surface area contributed by atoms with Crippen LogP contribution >= 0.6 is 0 Å². The Morgan fingerprint density at radius 3 is 2.22 bits per heavy atom. The molecule has 2 amide bonds. The SMILES string of the molecule is O=C(O)[C@H]1CCCN1C(=O)NC(C1CC1)C1CC1. The number of rotatable bonds is 4. The molecule has 0 radical (unpaired) electrons. The van der Waals surface area contributed by atoms with E-state index in [-0.39, 0.29) is 6.03 Å². The zero-order valence-corrected chi connectivity index (χ0v) is 10.5. The number of hydrogen-bond donors (Lipinski definition) is 2. The van der Waals surface area contributed by atoms with Crippen molar-refractivity contribution < 1.29 is 14.7 Å². The van der Waals surface area contributed by atoms with Gasteiger partial charge < -0.3 is 15.3 Å². The second-order valence-electron chi connectivity index (χ2n) is 5.84. The first-order valence-electron chi connectivity index (χ1n) is 6.97. The number of nitrogens with one attached hydrogen (secondary N) is 1. The van der Waals surface area contributed by atoms with Gasteiger partial charge in [-0.2, -0.15) is 0 Å². The summed E-state index contributed by atoms with van der Waals surface area (Å²) in [7, 11) is 0. The minimum Gasteiger partial charge on any atom is -0.480 e. The molecule has 0 unspecified atom stereocenters. The third kappa shape index (κ3) is 2.31. The van der Waals surface area contributed by atoms with Crippen LogP contribution in [0.25, 0.3) is 0 Å². The Bertz CT molecular complexity index is 351. The fourth-order valence-corrected chi connectivity index (χ4v) is 3.02. The van der Waals surface area contributed by atoms with Gasteiger partial charge in [0.25, 0.3) is 0 Å². The molecular formula is C13H20N2O3. The van der Waals surface area contributed by atoms with E-state index in [1.54, 1.807) is 0 Å². The summed E-state index contributed by atoms with van der Waals surface area (Å²) in [5, 5.41) is 12.2. The molecule has 1 heterocycles. The first kappa shape index (κ1) is 11.8. The molecule has 3 aliphatic rings. The monoisotopic (exact) mass is 252 g/mol. The Labute approximate surface area is 107 Å². The maximum atomic E-state index is 12.2. The number of carboxylic acids is 1. The van der Waals surface area contributed by atoms with Crippen molar-refractivity contribution in [3.05, 3.63) is 0 Å². The first-order valence-corrected chi connectivity index (χ1v) is 6.97. The van der Waals surface area contributed by atoms with Crippen molar-refractivity contribution in [3.8, 4) is 0 Å². The van der Waals surface area contributed by atoms with Gasteiger partial charge in [-0.05, 0) is 50.4 Å². The summed E-state index contributed by atoms with van der Waals surface area (Å²) >= 11 is 0. The summed E-state index contributed by atoms with van der Waals surface area (Å²) < 4.78 is 0. The van der Waals surface area contributed by atoms with Gasteiger partial charge in [-0.3, -0.25) is 0 Å². The highest BCUT2D eigenvalue weighted by Gasteiger charge is 2.44. The minimum atomic E-state index is -0.878. The van der Waals surface area contributed by atoms with Crippen LogP contribution in [0.5, 0.6) is 0 Å². The average Bonchev–Trinajstić information content (AvgIpc) is 3.24. The van der Waals surface area contributed by atoms with Crippen LogP contribution < -0.4 is 5.32 Å². The van der Waals surface area contributed by atoms with Gasteiger partial charge in [-0.25, -0.2) is 9.59 Å². The summed E-state index contributed by atoms with van der Waals surface area (Å²) in [6, 6.07) is -0.486. The maximum Gasteiger partial charge on any atom is 0.326 e. The molecule has 1 atom stereocenters. The number of likely N-dealkylation sites (tertiary alicyclic amines) is 1. The van der Waals surface area contributed by atoms with Gasteiger partial charge in [-0.1, -0.05) is 0 Å². The van der Waals surface area contributed by atoms with E-state index in [4.69, 9.17) is 5.11 Å². The standard InChI is InChI=1S/C13H20N2O3/c16-12(17)10-2-1-7-15(10)13(18)14-11(8-3-4-8)9-5-6-9/h8-11H,1-7H2,(H,14,18)(H,16,17)/t10-/m1/s1. The molecule has 3 rings (SSSR count). The highest BCUT2D eigenvalue weighted by molar-refractivity contribution is 5.83. The molecule has 1 saturated heterocycles. The minimum absolute atomic E-state index is 0.163. The second-order valence-corrected chi connectivity index (χ2v) is 5.84. The summed E-state index contributed by atoms with van der Waals surface area (Å²) in [5.41, 5.74) is 0. The molecule has 0 aromatic rings. The number of aliphatic carboxylic acids is 1. The highest BCUT2D eigenvalue weighted by Crippen LogP contribution is 2.44. The Morgan fingerprint density at radius 2 is 1.72 bits per heavy atom. The van der Waals surface area contributed by atoms with Crippen LogP contribution in [0.4, 0.5) is 4.79 Å². The van der Waals surface area contributed by atoms with Crippen molar-refractivity contribution in [2.24, 2.45) is 11.8 Å². The van der Waals surface area contributed by atoms with Crippen LogP contribution in [-0.2, 0) is 4.79 Å². The summed E-state index contributed by atoms with van der Waals surface area (Å²) in [6.07, 6.45) is 6.23. The van der Waals surface area contributed by atoms with Gasteiger partial charge in [0, 0.05) is 12.6 Å². The molecule has 100 valence electrons. The first-order chi connectivity index (χ1) is 8.66. The van der Waals surface area contributed by atoms with E-state index in [1.165, 1.54) is 30.6 Å². The quantitative estimate of drug-likeness (QED) is 0.795. The lowest BCUT2D eigenvalue weighted by molar-refractivity contribution is -0.141. The van der Waals surface area contributed by atoms with Crippen molar-refractivity contribution in [2.75, 3.05) is 6.54 Å². The molecule has 2 saturated carbocycles. The Hall–Kier alpha value is -1.26. The molecule has 3 fully saturated rings. The number of carbonyl (C=O) groups is 2. The number of carboxylic acid groups (broad SMARTS) is 1. The molecule has 0 spiro atoms. The Kier molecular flexibility index (Phi) is 2.92. The molecule has 2 aliphatic carbocycles. The van der Waals surface area contributed by atoms with Crippen LogP contribution in [0.3, 0.4) is 0 Å². The van der Waals surface area contributed by atoms with Crippen molar-refractivity contribution in [3.63, 3.8) is 0 Å². The predicted molar refractivity (Wildman–Crippen MR) is 65.1 cm³/mol. The van der Waals surface area contributed by atoms with E-state index >= 15 is 0 Å². The van der Waals surface area contributed by atoms with Crippen molar-refractivity contribution in [1.82, 2.24) is 10.2 Å². The molecular weight excluding hydrogens is 232 g/mol. The maximum absolute atomic E-state index is 12.2. The van der Waals surface area contributed by atoms with Crippen LogP contribution in [0.1, 0.15) is 38.5 Å². The molecule has 0 aromatic heterocycles. The second kappa shape index (κ2) is 4.44. The summed E-state index contributed by atoms with van der Waals surface area (Å²) in [4.78, 5) is 24.8. The van der Waals surface area contributed by atoms with E-state index in [9.17, 15) is 9.59 Å². The zero-order chi connectivity index (χ0) is 12.7. The zero-order valence-electron chi connectivity index (χ0n) is 10.5. The van der Waals surface area contributed by atoms with Crippen molar-refractivity contribution >= 4 is 12.0 Å². The molecule has 5 nitrogen and oxygen atoms in total. The van der Waals surface area contributed by atoms with E-state index in [2.05, 4.69) is 5.32 Å². The predicted octanol–water partition coefficient (Wildman–Crippen LogP) is 1.43. The molecule has 18 heavy (non-hydrogen) atoms. The third-order valence-corrected chi connectivity index (χ3v) is 4.35. The lowest BCUT2D eigenvalue weighted by Gasteiger charge is -2.26. The lowest BCUT2D eigenvalue weighted by Crippen LogP contribution is -2.50. The fraction of sp³-hybridized carbons (Fsp3) is 0.846. The van der Waals surface area contributed by atoms with Crippen LogP contribution in [0, 0.1) is 11.8 Å². The summed E-state index contributed by atoms with van der Waals surface area (Å²) in [6.45, 7) is 0.574. The molecule has 2 N–H and O–H groups in total. The smallest absolute Gasteiger partial charge is 0.326 e. The van der Waals surface area contributed by atoms with Gasteiger partial charge >= 0.3 is 12.0 Å². The Morgan fingerprint density at radius 1 is 1.11 bits per heavy atom. The molecule has 0 bridgehead atoms. The van der Waals surface area contributed by atoms with E-state index in [0.29, 0.717) is 30.8 Å². The number of hydrogen-bond acceptors (Lipinski definition) is 2. The van der Waals surface area contributed by atoms with Gasteiger partial charge in [0.1, 0.15) is 6.04 Å². The number of urea groups is 1. The number of carbonyl (C=O) groups excluding carboxylic acids is 1. The van der Waals surface area contributed by atoms with Gasteiger partial charge in [0.2, 0.25) is 0 Å². The van der Waals surface area contributed by atoms with Crippen molar-refractivity contribution in [2.45, 2.75) is 50.6 Å². The highest BCUT2D eigenvalue weighted by atomic mass is 16.4. The Balaban J connectivity index is 1.61. The number of nitrogens with zero attached hydrogens (tertiary/aromatic N) is 1. The molecule has 1 aliphatic heterocycles. The topological polar surface area (TPSA) is 69.6 Å². The van der Waals surface area contributed by atoms with E-state index < -0.39 is 12.0 Å². The van der Waals surface area contributed by atoms with E-state index in [1.807, 2.05) is 0 Å². The third-order valence-electron chi connectivity index (χ3n) is 4.35. The largest absolute Gasteiger partial charge is 0.480 e. The average molecular weight is 252 g/mol. The van der Waals surface area contributed by atoms with Crippen LogP contribution in [0.2, 0.25) is 0 Å². The van der Waals surface area contributed by atoms with Crippen molar-refractivity contribution in [1.29, 1.82) is 0 Å². The van der Waals surface area contributed by atoms with Gasteiger partial charge in [0.15, 0.2) is 0 Å². The van der Waals surface area contributed by atoms with Crippen LogP contribution in [0.15, 0.2) is 0 Å². The lowest BCUT2D eigenvalue weighted by atomic mass is 10.1. The molecule has 5 heteroatoms. The fourth-order valence-electron chi connectivity index (χ4n) is 3.02. The normalized spacial score (nSPS) is 27.6. The molecule has 0 aromatic carbocycles. The van der Waals surface area contributed by atoms with Crippen LogP contribution in [-0.4, -0.2) is 40.6 Å². The van der Waals surface area contributed by atoms with E-state index in [0.717, 1.165) is 6.42 Å². The summed E-state index contributed by atoms with van der Waals surface area (Å²) in [5.74, 6) is 0.414. The van der Waals surface area contributed by atoms with Gasteiger partial charge in [0.05, 0.1) is 0 Å².